The number of aliphatic hydroxyl groups is 1. The lowest BCUT2D eigenvalue weighted by Crippen LogP contribution is -2.25. The molecule has 0 saturated heterocycles. The Hall–Kier alpha value is -1.83. The molecule has 0 aliphatic carbocycles. The van der Waals surface area contributed by atoms with Crippen molar-refractivity contribution in [2.24, 2.45) is 0 Å². The number of aryl methyl sites for hydroxylation is 1. The van der Waals surface area contributed by atoms with Crippen LogP contribution in [0, 0.1) is 6.92 Å². The highest BCUT2D eigenvalue weighted by Gasteiger charge is 2.15. The van der Waals surface area contributed by atoms with Crippen LogP contribution in [-0.4, -0.2) is 23.5 Å². The van der Waals surface area contributed by atoms with Crippen molar-refractivity contribution in [3.05, 3.63) is 53.5 Å². The molecule has 0 saturated carbocycles. The van der Waals surface area contributed by atoms with Crippen LogP contribution in [0.5, 0.6) is 0 Å². The average Bonchev–Trinajstić information content (AvgIpc) is 2.46. The van der Waals surface area contributed by atoms with Crippen molar-refractivity contribution in [2.45, 2.75) is 25.1 Å². The fraction of sp³-hybridized carbons (Fsp3) is 0.231. The van der Waals surface area contributed by atoms with E-state index in [1.54, 1.807) is 12.3 Å². The van der Waals surface area contributed by atoms with Gasteiger partial charge in [-0.1, -0.05) is 12.1 Å². The Balaban J connectivity index is 2.13. The first-order chi connectivity index (χ1) is 9.53. The minimum Gasteiger partial charge on any atom is -0.392 e. The molecule has 2 heterocycles. The van der Waals surface area contributed by atoms with Gasteiger partial charge in [0.1, 0.15) is 0 Å². The number of rotatable bonds is 5. The second-order valence-electron chi connectivity index (χ2n) is 4.25. The quantitative estimate of drug-likeness (QED) is 0.849. The molecular weight excluding hydrogens is 278 g/mol. The maximum absolute atomic E-state index is 12.1. The number of aliphatic hydroxyl groups excluding tert-OH is 1. The van der Waals surface area contributed by atoms with Crippen molar-refractivity contribution in [1.29, 1.82) is 0 Å². The normalized spacial score (nSPS) is 11.5. The van der Waals surface area contributed by atoms with Crippen LogP contribution in [0.1, 0.15) is 16.8 Å². The van der Waals surface area contributed by atoms with E-state index in [0.29, 0.717) is 11.3 Å². The van der Waals surface area contributed by atoms with Crippen molar-refractivity contribution >= 4 is 10.0 Å². The van der Waals surface area contributed by atoms with Crippen molar-refractivity contribution in [2.75, 3.05) is 0 Å². The second kappa shape index (κ2) is 6.08. The summed E-state index contributed by atoms with van der Waals surface area (Å²) in [6, 6.07) is 6.54. The van der Waals surface area contributed by atoms with Crippen LogP contribution in [0.2, 0.25) is 0 Å². The fourth-order valence-electron chi connectivity index (χ4n) is 1.60. The number of aromatic nitrogens is 2. The summed E-state index contributed by atoms with van der Waals surface area (Å²) in [7, 11) is -3.68. The minimum atomic E-state index is -3.68. The van der Waals surface area contributed by atoms with E-state index in [1.165, 1.54) is 18.3 Å². The van der Waals surface area contributed by atoms with E-state index in [-0.39, 0.29) is 18.2 Å². The zero-order valence-electron chi connectivity index (χ0n) is 10.9. The molecule has 0 fully saturated rings. The topological polar surface area (TPSA) is 92.2 Å². The summed E-state index contributed by atoms with van der Waals surface area (Å²) < 4.78 is 26.6. The number of pyridine rings is 2. The molecule has 0 spiro atoms. The zero-order chi connectivity index (χ0) is 14.6. The Labute approximate surface area is 117 Å². The van der Waals surface area contributed by atoms with Crippen molar-refractivity contribution in [1.82, 2.24) is 14.7 Å². The van der Waals surface area contributed by atoms with Gasteiger partial charge in [-0.05, 0) is 30.2 Å². The van der Waals surface area contributed by atoms with Gasteiger partial charge in [0, 0.05) is 12.4 Å². The van der Waals surface area contributed by atoms with Crippen molar-refractivity contribution in [3.8, 4) is 0 Å². The number of nitrogens with zero attached hydrogens (tertiary/aromatic N) is 2. The van der Waals surface area contributed by atoms with E-state index < -0.39 is 10.0 Å². The van der Waals surface area contributed by atoms with Crippen molar-refractivity contribution < 1.29 is 13.5 Å². The molecule has 6 nitrogen and oxygen atoms in total. The lowest BCUT2D eigenvalue weighted by molar-refractivity contribution is 0.281. The van der Waals surface area contributed by atoms with Gasteiger partial charge in [-0.15, -0.1) is 0 Å². The average molecular weight is 293 g/mol. The smallest absolute Gasteiger partial charge is 0.258 e. The molecule has 2 aromatic rings. The highest BCUT2D eigenvalue weighted by atomic mass is 32.2. The maximum Gasteiger partial charge on any atom is 0.258 e. The van der Waals surface area contributed by atoms with Crippen LogP contribution in [-0.2, 0) is 23.2 Å². The first-order valence-corrected chi connectivity index (χ1v) is 7.47. The van der Waals surface area contributed by atoms with Gasteiger partial charge >= 0.3 is 0 Å². The molecule has 2 rings (SSSR count). The zero-order valence-corrected chi connectivity index (χ0v) is 11.8. The van der Waals surface area contributed by atoms with Crippen molar-refractivity contribution in [3.63, 3.8) is 0 Å². The largest absolute Gasteiger partial charge is 0.392 e. The summed E-state index contributed by atoms with van der Waals surface area (Å²) in [6.45, 7) is 1.80. The molecule has 0 aromatic carbocycles. The lowest BCUT2D eigenvalue weighted by atomic mass is 10.2. The summed E-state index contributed by atoms with van der Waals surface area (Å²) in [4.78, 5) is 7.95. The molecule has 0 aliphatic heterocycles. The van der Waals surface area contributed by atoms with Gasteiger partial charge in [0.05, 0.1) is 18.8 Å². The summed E-state index contributed by atoms with van der Waals surface area (Å²) >= 11 is 0. The molecule has 0 aliphatic rings. The van der Waals surface area contributed by atoms with Crippen LogP contribution in [0.25, 0.3) is 0 Å². The third kappa shape index (κ3) is 3.38. The molecular formula is C13H15N3O3S. The van der Waals surface area contributed by atoms with Crippen LogP contribution in [0.4, 0.5) is 0 Å². The third-order valence-electron chi connectivity index (χ3n) is 2.80. The number of hydrogen-bond acceptors (Lipinski definition) is 5. The van der Waals surface area contributed by atoms with Gasteiger partial charge in [-0.3, -0.25) is 4.98 Å². The summed E-state index contributed by atoms with van der Waals surface area (Å²) in [5, 5.41) is 8.82. The maximum atomic E-state index is 12.1. The SMILES string of the molecule is Cc1cccnc1CNS(=O)(=O)c1ccc(CO)cn1. The Morgan fingerprint density at radius 3 is 2.65 bits per heavy atom. The molecule has 0 unspecified atom stereocenters. The second-order valence-corrected chi connectivity index (χ2v) is 5.97. The van der Waals surface area contributed by atoms with E-state index in [9.17, 15) is 8.42 Å². The van der Waals surface area contributed by atoms with Gasteiger partial charge in [0.25, 0.3) is 10.0 Å². The van der Waals surface area contributed by atoms with E-state index >= 15 is 0 Å². The summed E-state index contributed by atoms with van der Waals surface area (Å²) in [6.07, 6.45) is 2.95. The Morgan fingerprint density at radius 2 is 2.05 bits per heavy atom. The minimum absolute atomic E-state index is 0.0803. The lowest BCUT2D eigenvalue weighted by Gasteiger charge is -2.07. The summed E-state index contributed by atoms with van der Waals surface area (Å²) in [5.74, 6) is 0. The Morgan fingerprint density at radius 1 is 1.25 bits per heavy atom. The number of hydrogen-bond donors (Lipinski definition) is 2. The van der Waals surface area contributed by atoms with Crippen LogP contribution < -0.4 is 4.72 Å². The first-order valence-electron chi connectivity index (χ1n) is 5.99. The molecule has 2 aromatic heterocycles. The highest BCUT2D eigenvalue weighted by molar-refractivity contribution is 7.89. The summed E-state index contributed by atoms with van der Waals surface area (Å²) in [5.41, 5.74) is 2.14. The highest BCUT2D eigenvalue weighted by Crippen LogP contribution is 2.09. The molecule has 20 heavy (non-hydrogen) atoms. The van der Waals surface area contributed by atoms with Gasteiger partial charge < -0.3 is 5.11 Å². The molecule has 106 valence electrons. The predicted molar refractivity (Wildman–Crippen MR) is 73.2 cm³/mol. The standard InChI is InChI=1S/C13H15N3O3S/c1-10-3-2-6-14-12(10)8-16-20(18,19)13-5-4-11(9-17)7-15-13/h2-7,16-17H,8-9H2,1H3. The molecule has 0 bridgehead atoms. The molecule has 7 heteroatoms. The predicted octanol–water partition coefficient (Wildman–Crippen LogP) is 0.756. The number of nitrogens with one attached hydrogen (secondary N) is 1. The molecule has 0 radical (unpaired) electrons. The van der Waals surface area contributed by atoms with E-state index in [1.807, 2.05) is 13.0 Å². The molecule has 0 atom stereocenters. The first kappa shape index (κ1) is 14.6. The van der Waals surface area contributed by atoms with Gasteiger partial charge in [-0.2, -0.15) is 0 Å². The van der Waals surface area contributed by atoms with E-state index in [4.69, 9.17) is 5.11 Å². The van der Waals surface area contributed by atoms with Crippen LogP contribution in [0.15, 0.2) is 41.7 Å². The molecule has 2 N–H and O–H groups in total. The van der Waals surface area contributed by atoms with E-state index in [2.05, 4.69) is 14.7 Å². The van der Waals surface area contributed by atoms with Gasteiger partial charge in [0.2, 0.25) is 0 Å². The third-order valence-corrected chi connectivity index (χ3v) is 4.12. The van der Waals surface area contributed by atoms with E-state index in [0.717, 1.165) is 5.56 Å². The molecule has 0 amide bonds. The monoisotopic (exact) mass is 293 g/mol. The van der Waals surface area contributed by atoms with Crippen LogP contribution >= 0.6 is 0 Å². The van der Waals surface area contributed by atoms with Gasteiger partial charge in [0.15, 0.2) is 5.03 Å². The Kier molecular flexibility index (Phi) is 4.43. The van der Waals surface area contributed by atoms with Gasteiger partial charge in [-0.25, -0.2) is 18.1 Å². The number of sulfonamides is 1. The van der Waals surface area contributed by atoms with Crippen LogP contribution in [0.3, 0.4) is 0 Å². The fourth-order valence-corrected chi connectivity index (χ4v) is 2.52. The Bertz CT molecular complexity index is 684.